The van der Waals surface area contributed by atoms with Crippen LogP contribution in [-0.4, -0.2) is 28.8 Å². The molecule has 0 spiro atoms. The molecule has 19 heavy (non-hydrogen) atoms. The lowest BCUT2D eigenvalue weighted by Crippen LogP contribution is -2.57. The molecule has 1 heterocycles. The minimum absolute atomic E-state index is 0.156. The molecule has 0 aliphatic heterocycles. The van der Waals surface area contributed by atoms with Gasteiger partial charge in [0.05, 0.1) is 16.1 Å². The number of nitrogens with one attached hydrogen (secondary N) is 2. The van der Waals surface area contributed by atoms with Gasteiger partial charge in [-0.3, -0.25) is 0 Å². The maximum Gasteiger partial charge on any atom is 0.147 e. The van der Waals surface area contributed by atoms with Gasteiger partial charge >= 0.3 is 0 Å². The van der Waals surface area contributed by atoms with Crippen LogP contribution < -0.4 is 10.6 Å². The first kappa shape index (κ1) is 14.7. The Morgan fingerprint density at radius 1 is 1.37 bits per heavy atom. The molecule has 2 unspecified atom stereocenters. The molecule has 0 bridgehead atoms. The molecule has 0 saturated heterocycles. The summed E-state index contributed by atoms with van der Waals surface area (Å²) in [5.41, 5.74) is -0.178. The zero-order chi connectivity index (χ0) is 14.2. The van der Waals surface area contributed by atoms with E-state index < -0.39 is 0 Å². The van der Waals surface area contributed by atoms with Crippen LogP contribution in [0.15, 0.2) is 6.07 Å². The van der Waals surface area contributed by atoms with Gasteiger partial charge in [0.25, 0.3) is 0 Å². The number of hydrogen-bond donors (Lipinski definition) is 3. The number of nitrogens with zero attached hydrogens (tertiary/aromatic N) is 1. The molecule has 0 amide bonds. The molecule has 1 aliphatic carbocycles. The van der Waals surface area contributed by atoms with Gasteiger partial charge in [-0.15, -0.1) is 0 Å². The number of rotatable bonds is 4. The molecular formula is C13H19Cl2N3O. The maximum atomic E-state index is 9.75. The number of aliphatic hydroxyl groups excluding tert-OH is 1. The van der Waals surface area contributed by atoms with Crippen LogP contribution in [0.2, 0.25) is 10.0 Å². The first-order chi connectivity index (χ1) is 8.86. The molecule has 2 rings (SSSR count). The molecule has 0 radical (unpaired) electrons. The summed E-state index contributed by atoms with van der Waals surface area (Å²) in [7, 11) is 0. The average molecular weight is 304 g/mol. The lowest BCUT2D eigenvalue weighted by molar-refractivity contribution is -0.0511. The topological polar surface area (TPSA) is 57.2 Å². The predicted octanol–water partition coefficient (Wildman–Crippen LogP) is 3.39. The monoisotopic (exact) mass is 303 g/mol. The van der Waals surface area contributed by atoms with E-state index in [2.05, 4.69) is 15.6 Å². The second kappa shape index (κ2) is 5.35. The van der Waals surface area contributed by atoms with Crippen LogP contribution in [0.25, 0.3) is 0 Å². The number of aliphatic hydroxyl groups is 1. The third-order valence-electron chi connectivity index (χ3n) is 3.80. The fourth-order valence-electron chi connectivity index (χ4n) is 2.17. The van der Waals surface area contributed by atoms with Gasteiger partial charge in [-0.1, -0.05) is 37.0 Å². The Bertz CT molecular complexity index is 479. The molecule has 1 aromatic heterocycles. The Balaban J connectivity index is 2.19. The highest BCUT2D eigenvalue weighted by Crippen LogP contribution is 2.43. The van der Waals surface area contributed by atoms with E-state index in [-0.39, 0.29) is 17.6 Å². The van der Waals surface area contributed by atoms with Crippen molar-refractivity contribution in [1.29, 1.82) is 0 Å². The quantitative estimate of drug-likeness (QED) is 0.798. The highest BCUT2D eigenvalue weighted by molar-refractivity contribution is 6.37. The normalized spacial score (nSPS) is 24.7. The summed E-state index contributed by atoms with van der Waals surface area (Å²) >= 11 is 12.2. The van der Waals surface area contributed by atoms with Crippen molar-refractivity contribution in [3.8, 4) is 0 Å². The zero-order valence-electron chi connectivity index (χ0n) is 11.3. The largest absolute Gasteiger partial charge is 0.392 e. The van der Waals surface area contributed by atoms with Gasteiger partial charge in [-0.05, 0) is 19.4 Å². The van der Waals surface area contributed by atoms with Gasteiger partial charge in [0.1, 0.15) is 11.6 Å². The standard InChI is InChI=1S/C13H19Cl2N3O/c1-4-16-11-7(14)5-8(15)12(18-11)17-9-6-10(19)13(9,2)3/h5,9-10,19H,4,6H2,1-3H3,(H2,16,17,18). The third kappa shape index (κ3) is 2.76. The van der Waals surface area contributed by atoms with Crippen molar-refractivity contribution in [3.05, 3.63) is 16.1 Å². The number of halogens is 2. The summed E-state index contributed by atoms with van der Waals surface area (Å²) in [5.74, 6) is 1.22. The summed E-state index contributed by atoms with van der Waals surface area (Å²) in [6, 6.07) is 1.83. The van der Waals surface area contributed by atoms with Crippen LogP contribution in [0.4, 0.5) is 11.6 Å². The molecule has 1 aromatic rings. The third-order valence-corrected chi connectivity index (χ3v) is 4.38. The van der Waals surface area contributed by atoms with Crippen molar-refractivity contribution in [3.63, 3.8) is 0 Å². The number of aromatic nitrogens is 1. The van der Waals surface area contributed by atoms with Crippen molar-refractivity contribution in [2.24, 2.45) is 5.41 Å². The lowest BCUT2D eigenvalue weighted by atomic mass is 9.64. The fraction of sp³-hybridized carbons (Fsp3) is 0.615. The van der Waals surface area contributed by atoms with Gasteiger partial charge in [-0.2, -0.15) is 0 Å². The van der Waals surface area contributed by atoms with Gasteiger partial charge in [0.15, 0.2) is 0 Å². The van der Waals surface area contributed by atoms with E-state index in [1.807, 2.05) is 20.8 Å². The average Bonchev–Trinajstić information content (AvgIpc) is 2.34. The molecule has 1 saturated carbocycles. The van der Waals surface area contributed by atoms with Crippen LogP contribution in [0.3, 0.4) is 0 Å². The molecule has 2 atom stereocenters. The van der Waals surface area contributed by atoms with Gasteiger partial charge in [0.2, 0.25) is 0 Å². The summed E-state index contributed by atoms with van der Waals surface area (Å²) in [4.78, 5) is 4.41. The Labute approximate surface area is 123 Å². The van der Waals surface area contributed by atoms with E-state index >= 15 is 0 Å². The highest BCUT2D eigenvalue weighted by Gasteiger charge is 2.47. The van der Waals surface area contributed by atoms with E-state index in [9.17, 15) is 5.11 Å². The Kier molecular flexibility index (Phi) is 4.14. The van der Waals surface area contributed by atoms with Crippen molar-refractivity contribution in [2.45, 2.75) is 39.3 Å². The van der Waals surface area contributed by atoms with E-state index in [0.29, 0.717) is 28.1 Å². The van der Waals surface area contributed by atoms with Crippen LogP contribution in [0.1, 0.15) is 27.2 Å². The van der Waals surface area contributed by atoms with Gasteiger partial charge in [0, 0.05) is 18.0 Å². The van der Waals surface area contributed by atoms with Gasteiger partial charge < -0.3 is 15.7 Å². The van der Waals surface area contributed by atoms with Crippen molar-refractivity contribution >= 4 is 34.8 Å². The van der Waals surface area contributed by atoms with E-state index in [0.717, 1.165) is 6.54 Å². The molecule has 4 nitrogen and oxygen atoms in total. The van der Waals surface area contributed by atoms with Gasteiger partial charge in [-0.25, -0.2) is 4.98 Å². The smallest absolute Gasteiger partial charge is 0.147 e. The molecular weight excluding hydrogens is 285 g/mol. The molecule has 1 aliphatic rings. The summed E-state index contributed by atoms with van der Waals surface area (Å²) < 4.78 is 0. The fourth-order valence-corrected chi connectivity index (χ4v) is 2.65. The SMILES string of the molecule is CCNc1nc(NC2CC(O)C2(C)C)c(Cl)cc1Cl. The maximum absolute atomic E-state index is 9.75. The first-order valence-electron chi connectivity index (χ1n) is 6.40. The Morgan fingerprint density at radius 3 is 2.53 bits per heavy atom. The van der Waals surface area contributed by atoms with Crippen LogP contribution in [0, 0.1) is 5.41 Å². The molecule has 3 N–H and O–H groups in total. The second-order valence-corrected chi connectivity index (χ2v) is 6.26. The molecule has 106 valence electrons. The Morgan fingerprint density at radius 2 is 2.00 bits per heavy atom. The second-order valence-electron chi connectivity index (χ2n) is 5.45. The minimum Gasteiger partial charge on any atom is -0.392 e. The molecule has 1 fully saturated rings. The number of anilines is 2. The van der Waals surface area contributed by atoms with Crippen LogP contribution in [0.5, 0.6) is 0 Å². The van der Waals surface area contributed by atoms with E-state index in [4.69, 9.17) is 23.2 Å². The van der Waals surface area contributed by atoms with Crippen molar-refractivity contribution < 1.29 is 5.11 Å². The summed E-state index contributed by atoms with van der Waals surface area (Å²) in [6.07, 6.45) is 0.411. The first-order valence-corrected chi connectivity index (χ1v) is 7.16. The van der Waals surface area contributed by atoms with Crippen molar-refractivity contribution in [2.75, 3.05) is 17.2 Å². The number of pyridine rings is 1. The van der Waals surface area contributed by atoms with E-state index in [1.165, 1.54) is 0 Å². The highest BCUT2D eigenvalue weighted by atomic mass is 35.5. The lowest BCUT2D eigenvalue weighted by Gasteiger charge is -2.49. The zero-order valence-corrected chi connectivity index (χ0v) is 12.8. The molecule has 6 heteroatoms. The van der Waals surface area contributed by atoms with E-state index in [1.54, 1.807) is 6.07 Å². The summed E-state index contributed by atoms with van der Waals surface area (Å²) in [6.45, 7) is 6.76. The van der Waals surface area contributed by atoms with Crippen molar-refractivity contribution in [1.82, 2.24) is 4.98 Å². The van der Waals surface area contributed by atoms with Crippen LogP contribution >= 0.6 is 23.2 Å². The Hall–Kier alpha value is -0.710. The number of hydrogen-bond acceptors (Lipinski definition) is 4. The van der Waals surface area contributed by atoms with Crippen LogP contribution in [-0.2, 0) is 0 Å². The minimum atomic E-state index is -0.288. The molecule has 0 aromatic carbocycles. The summed E-state index contributed by atoms with van der Waals surface area (Å²) in [5, 5.41) is 17.1. The predicted molar refractivity (Wildman–Crippen MR) is 80.2 cm³/mol.